The Morgan fingerprint density at radius 1 is 1.24 bits per heavy atom. The third-order valence-corrected chi connectivity index (χ3v) is 8.36. The minimum Gasteiger partial charge on any atom is -0.453 e. The van der Waals surface area contributed by atoms with Gasteiger partial charge in [0.05, 0.1) is 22.9 Å². The lowest BCUT2D eigenvalue weighted by molar-refractivity contribution is 0.0187. The number of benzene rings is 2. The Hall–Kier alpha value is -4.22. The third kappa shape index (κ3) is 6.63. The summed E-state index contributed by atoms with van der Waals surface area (Å²) in [7, 11) is -2.64. The Bertz CT molecular complexity index is 1700. The van der Waals surface area contributed by atoms with Crippen LogP contribution in [0.3, 0.4) is 0 Å². The van der Waals surface area contributed by atoms with Gasteiger partial charge in [0.15, 0.2) is 11.6 Å². The molecule has 1 saturated heterocycles. The van der Waals surface area contributed by atoms with E-state index in [1.54, 1.807) is 38.7 Å². The fourth-order valence-electron chi connectivity index (χ4n) is 4.45. The quantitative estimate of drug-likeness (QED) is 0.420. The van der Waals surface area contributed by atoms with Crippen molar-refractivity contribution in [1.29, 1.82) is 5.26 Å². The van der Waals surface area contributed by atoms with Crippen molar-refractivity contribution >= 4 is 32.9 Å². The van der Waals surface area contributed by atoms with E-state index < -0.39 is 33.5 Å². The number of aromatic nitrogens is 2. The molecule has 1 amide bonds. The standard InChI is InChI=1S/C28H33FN6O6S/c1-6-33(5)42(38,39)32-24-10-8-22(29)25(21(24)16-30)40-19-7-9-23-20(15-19)26(36)35(17-31-23)18-11-13-34(14-12-18)27(37)41-28(2,3)4/h7-10,15,17-18,32H,6,11-14H2,1-5H3. The van der Waals surface area contributed by atoms with Crippen LogP contribution in [0.5, 0.6) is 11.5 Å². The molecule has 0 saturated carbocycles. The maximum Gasteiger partial charge on any atom is 0.410 e. The van der Waals surface area contributed by atoms with Gasteiger partial charge < -0.3 is 14.4 Å². The molecule has 1 fully saturated rings. The fraction of sp³-hybridized carbons (Fsp3) is 0.429. The molecule has 1 aliphatic rings. The number of nitrogens with zero attached hydrogens (tertiary/aromatic N) is 5. The van der Waals surface area contributed by atoms with Crippen molar-refractivity contribution < 1.29 is 27.1 Å². The lowest BCUT2D eigenvalue weighted by Crippen LogP contribution is -2.43. The van der Waals surface area contributed by atoms with Crippen molar-refractivity contribution in [3.05, 3.63) is 58.4 Å². The normalized spacial score (nSPS) is 14.6. The Labute approximate surface area is 243 Å². The van der Waals surface area contributed by atoms with E-state index in [2.05, 4.69) is 9.71 Å². The first-order valence-corrected chi connectivity index (χ1v) is 14.8. The van der Waals surface area contributed by atoms with Gasteiger partial charge in [0.1, 0.15) is 23.0 Å². The number of halogens is 1. The summed E-state index contributed by atoms with van der Waals surface area (Å²) in [6.45, 7) is 8.04. The van der Waals surface area contributed by atoms with Crippen LogP contribution in [0.25, 0.3) is 10.9 Å². The van der Waals surface area contributed by atoms with Gasteiger partial charge in [-0.05, 0) is 63.9 Å². The number of nitrogens with one attached hydrogen (secondary N) is 1. The first kappa shape index (κ1) is 30.7. The molecule has 0 unspecified atom stereocenters. The van der Waals surface area contributed by atoms with E-state index in [1.165, 1.54) is 36.1 Å². The minimum absolute atomic E-state index is 0.0555. The average molecular weight is 601 g/mol. The first-order valence-electron chi connectivity index (χ1n) is 13.4. The van der Waals surface area contributed by atoms with E-state index in [1.807, 2.05) is 0 Å². The zero-order valence-electron chi connectivity index (χ0n) is 24.0. The predicted molar refractivity (Wildman–Crippen MR) is 154 cm³/mol. The van der Waals surface area contributed by atoms with Gasteiger partial charge in [0, 0.05) is 32.7 Å². The highest BCUT2D eigenvalue weighted by Crippen LogP contribution is 2.34. The molecule has 0 radical (unpaired) electrons. The van der Waals surface area contributed by atoms with Crippen LogP contribution in [0.2, 0.25) is 0 Å². The lowest BCUT2D eigenvalue weighted by atomic mass is 10.0. The Morgan fingerprint density at radius 2 is 1.93 bits per heavy atom. The monoisotopic (exact) mass is 600 g/mol. The van der Waals surface area contributed by atoms with Gasteiger partial charge >= 0.3 is 16.3 Å². The van der Waals surface area contributed by atoms with Crippen molar-refractivity contribution in [2.75, 3.05) is 31.4 Å². The molecule has 4 rings (SSSR count). The summed E-state index contributed by atoms with van der Waals surface area (Å²) in [4.78, 5) is 31.9. The number of rotatable bonds is 7. The Kier molecular flexibility index (Phi) is 8.74. The largest absolute Gasteiger partial charge is 0.453 e. The number of anilines is 1. The topological polar surface area (TPSA) is 147 Å². The van der Waals surface area contributed by atoms with Gasteiger partial charge in [-0.15, -0.1) is 0 Å². The number of piperidine rings is 1. The van der Waals surface area contributed by atoms with Gasteiger partial charge in [-0.1, -0.05) is 6.92 Å². The fourth-order valence-corrected chi connectivity index (χ4v) is 5.39. The molecule has 0 aliphatic carbocycles. The number of fused-ring (bicyclic) bond motifs is 1. The van der Waals surface area contributed by atoms with Crippen molar-refractivity contribution in [3.8, 4) is 17.6 Å². The maximum atomic E-state index is 14.9. The number of hydrogen-bond acceptors (Lipinski definition) is 8. The van der Waals surface area contributed by atoms with Crippen molar-refractivity contribution in [3.63, 3.8) is 0 Å². The summed E-state index contributed by atoms with van der Waals surface area (Å²) in [5.41, 5.74) is -1.07. The zero-order valence-corrected chi connectivity index (χ0v) is 24.9. The van der Waals surface area contributed by atoms with E-state index in [-0.39, 0.29) is 40.5 Å². The van der Waals surface area contributed by atoms with Crippen LogP contribution in [-0.2, 0) is 14.9 Å². The maximum absolute atomic E-state index is 14.9. The van der Waals surface area contributed by atoms with Gasteiger partial charge in [0.2, 0.25) is 0 Å². The zero-order chi connectivity index (χ0) is 30.8. The van der Waals surface area contributed by atoms with E-state index in [4.69, 9.17) is 9.47 Å². The molecular weight excluding hydrogens is 567 g/mol. The van der Waals surface area contributed by atoms with Gasteiger partial charge in [0.25, 0.3) is 5.56 Å². The van der Waals surface area contributed by atoms with Crippen LogP contribution < -0.4 is 15.0 Å². The first-order chi connectivity index (χ1) is 19.7. The molecular formula is C28H33FN6O6S. The van der Waals surface area contributed by atoms with Gasteiger partial charge in [-0.2, -0.15) is 18.0 Å². The Morgan fingerprint density at radius 3 is 2.55 bits per heavy atom. The summed E-state index contributed by atoms with van der Waals surface area (Å²) in [5.74, 6) is -1.33. The van der Waals surface area contributed by atoms with E-state index in [0.717, 1.165) is 16.4 Å². The highest BCUT2D eigenvalue weighted by Gasteiger charge is 2.28. The van der Waals surface area contributed by atoms with Crippen LogP contribution in [0.15, 0.2) is 41.5 Å². The van der Waals surface area contributed by atoms with E-state index in [9.17, 15) is 27.7 Å². The second kappa shape index (κ2) is 11.9. The SMILES string of the molecule is CCN(C)S(=O)(=O)Nc1ccc(F)c(Oc2ccc3ncn(C4CCN(C(=O)OC(C)(C)C)CC4)c(=O)c3c2)c1C#N. The molecule has 0 bridgehead atoms. The summed E-state index contributed by atoms with van der Waals surface area (Å²) in [6.07, 6.45) is 2.12. The molecule has 2 heterocycles. The molecule has 224 valence electrons. The highest BCUT2D eigenvalue weighted by atomic mass is 32.2. The lowest BCUT2D eigenvalue weighted by Gasteiger charge is -2.34. The van der Waals surface area contributed by atoms with E-state index in [0.29, 0.717) is 31.4 Å². The number of likely N-dealkylation sites (tertiary alicyclic amines) is 1. The molecule has 1 aromatic heterocycles. The minimum atomic E-state index is -3.99. The summed E-state index contributed by atoms with van der Waals surface area (Å²) in [5, 5.41) is 9.97. The molecule has 1 aliphatic heterocycles. The third-order valence-electron chi connectivity index (χ3n) is 6.80. The van der Waals surface area contributed by atoms with Crippen LogP contribution in [0.1, 0.15) is 52.1 Å². The van der Waals surface area contributed by atoms with Crippen LogP contribution >= 0.6 is 0 Å². The molecule has 0 atom stereocenters. The molecule has 14 heteroatoms. The number of hydrogen-bond donors (Lipinski definition) is 1. The molecule has 42 heavy (non-hydrogen) atoms. The second-order valence-electron chi connectivity index (χ2n) is 10.9. The van der Waals surface area contributed by atoms with E-state index >= 15 is 0 Å². The molecule has 12 nitrogen and oxygen atoms in total. The van der Waals surface area contributed by atoms with Gasteiger partial charge in [-0.25, -0.2) is 14.2 Å². The highest BCUT2D eigenvalue weighted by molar-refractivity contribution is 7.90. The number of amides is 1. The number of carbonyl (C=O) groups is 1. The molecule has 2 aromatic carbocycles. The number of ether oxygens (including phenoxy) is 2. The Balaban J connectivity index is 1.60. The second-order valence-corrected chi connectivity index (χ2v) is 12.6. The number of nitriles is 1. The van der Waals surface area contributed by atoms with Crippen molar-refractivity contribution in [1.82, 2.24) is 18.8 Å². The molecule has 0 spiro atoms. The predicted octanol–water partition coefficient (Wildman–Crippen LogP) is 4.38. The summed E-state index contributed by atoms with van der Waals surface area (Å²) >= 11 is 0. The van der Waals surface area contributed by atoms with Crippen LogP contribution in [0.4, 0.5) is 14.9 Å². The van der Waals surface area contributed by atoms with Crippen LogP contribution in [0, 0.1) is 17.1 Å². The smallest absolute Gasteiger partial charge is 0.410 e. The number of carbonyl (C=O) groups excluding carboxylic acids is 1. The molecule has 1 N–H and O–H groups in total. The molecule has 3 aromatic rings. The van der Waals surface area contributed by atoms with Crippen molar-refractivity contribution in [2.45, 2.75) is 52.2 Å². The summed E-state index contributed by atoms with van der Waals surface area (Å²) in [6, 6.07) is 8.14. The van der Waals surface area contributed by atoms with Gasteiger partial charge in [-0.3, -0.25) is 14.1 Å². The van der Waals surface area contributed by atoms with Crippen molar-refractivity contribution in [2.24, 2.45) is 0 Å². The average Bonchev–Trinajstić information content (AvgIpc) is 2.94. The van der Waals surface area contributed by atoms with Crippen LogP contribution in [-0.4, -0.2) is 65.6 Å². The summed E-state index contributed by atoms with van der Waals surface area (Å²) < 4.78 is 55.9.